The molecule has 24 heavy (non-hydrogen) atoms. The Morgan fingerprint density at radius 3 is 2.12 bits per heavy atom. The largest absolute Gasteiger partial charge is 0.481 e. The van der Waals surface area contributed by atoms with Crippen LogP contribution in [0.25, 0.3) is 0 Å². The van der Waals surface area contributed by atoms with Crippen molar-refractivity contribution in [1.82, 2.24) is 0 Å². The van der Waals surface area contributed by atoms with Crippen LogP contribution >= 0.6 is 0 Å². The normalized spacial score (nSPS) is 13.1. The number of carbonyl (C=O) groups is 1. The molecule has 140 valence electrons. The molecule has 0 saturated carbocycles. The smallest absolute Gasteiger partial charge is 0.303 e. The molecule has 0 fully saturated rings. The van der Waals surface area contributed by atoms with E-state index in [9.17, 15) is 9.90 Å². The van der Waals surface area contributed by atoms with E-state index in [4.69, 9.17) is 10.2 Å². The van der Waals surface area contributed by atoms with Gasteiger partial charge in [0.05, 0.1) is 6.10 Å². The molecule has 0 heterocycles. The third-order valence-corrected chi connectivity index (χ3v) is 4.00. The lowest BCUT2D eigenvalue weighted by molar-refractivity contribution is -0.137. The van der Waals surface area contributed by atoms with Crippen molar-refractivity contribution in [3.05, 3.63) is 24.3 Å². The van der Waals surface area contributed by atoms with Gasteiger partial charge in [0.15, 0.2) is 0 Å². The molecule has 0 bridgehead atoms. The van der Waals surface area contributed by atoms with Gasteiger partial charge in [-0.15, -0.1) is 0 Å². The second kappa shape index (κ2) is 18.2. The number of rotatable bonds is 17. The summed E-state index contributed by atoms with van der Waals surface area (Å²) in [5, 5.41) is 26.9. The molecule has 4 nitrogen and oxygen atoms in total. The maximum absolute atomic E-state index is 10.4. The van der Waals surface area contributed by atoms with Crippen molar-refractivity contribution in [3.8, 4) is 0 Å². The van der Waals surface area contributed by atoms with Crippen LogP contribution in [0.1, 0.15) is 83.5 Å². The van der Waals surface area contributed by atoms with Gasteiger partial charge in [0.1, 0.15) is 0 Å². The lowest BCUT2D eigenvalue weighted by Crippen LogP contribution is -2.01. The summed E-state index contributed by atoms with van der Waals surface area (Å²) < 4.78 is 0. The first-order valence-corrected chi connectivity index (χ1v) is 9.51. The van der Waals surface area contributed by atoms with Crippen LogP contribution in [0, 0.1) is 0 Å². The van der Waals surface area contributed by atoms with Crippen molar-refractivity contribution in [2.24, 2.45) is 0 Å². The lowest BCUT2D eigenvalue weighted by atomic mass is 10.1. The molecule has 0 saturated heterocycles. The molecule has 0 aromatic heterocycles. The van der Waals surface area contributed by atoms with Crippen LogP contribution in [-0.4, -0.2) is 34.0 Å². The average molecular weight is 341 g/mol. The zero-order valence-corrected chi connectivity index (χ0v) is 15.0. The zero-order valence-electron chi connectivity index (χ0n) is 15.0. The number of carboxylic acid groups (broad SMARTS) is 1. The number of unbranched alkanes of at least 4 members (excludes halogenated alkanes) is 9. The van der Waals surface area contributed by atoms with Gasteiger partial charge < -0.3 is 15.3 Å². The van der Waals surface area contributed by atoms with E-state index in [1.54, 1.807) is 0 Å². The fraction of sp³-hybridized carbons (Fsp3) is 0.750. The minimum atomic E-state index is -0.690. The molecule has 1 atom stereocenters. The Hall–Kier alpha value is -1.13. The van der Waals surface area contributed by atoms with E-state index in [-0.39, 0.29) is 12.7 Å². The highest BCUT2D eigenvalue weighted by molar-refractivity contribution is 5.66. The van der Waals surface area contributed by atoms with Crippen LogP contribution in [0.15, 0.2) is 24.3 Å². The van der Waals surface area contributed by atoms with E-state index in [0.29, 0.717) is 6.42 Å². The maximum atomic E-state index is 10.4. The first kappa shape index (κ1) is 22.9. The lowest BCUT2D eigenvalue weighted by Gasteiger charge is -2.03. The number of aliphatic carboxylic acids is 1. The van der Waals surface area contributed by atoms with Gasteiger partial charge in [0.2, 0.25) is 0 Å². The monoisotopic (exact) mass is 340 g/mol. The summed E-state index contributed by atoms with van der Waals surface area (Å²) in [6.45, 7) is 0.236. The predicted molar refractivity (Wildman–Crippen MR) is 99.0 cm³/mol. The molecule has 0 aliphatic heterocycles. The molecule has 3 N–H and O–H groups in total. The first-order chi connectivity index (χ1) is 11.7. The summed E-state index contributed by atoms with van der Waals surface area (Å²) in [4.78, 5) is 10.4. The van der Waals surface area contributed by atoms with Gasteiger partial charge in [-0.2, -0.15) is 0 Å². The molecule has 0 aromatic rings. The van der Waals surface area contributed by atoms with Crippen molar-refractivity contribution in [2.45, 2.75) is 89.6 Å². The third kappa shape index (κ3) is 18.9. The minimum Gasteiger partial charge on any atom is -0.481 e. The Balaban J connectivity index is 3.33. The highest BCUT2D eigenvalue weighted by atomic mass is 16.4. The van der Waals surface area contributed by atoms with Crippen molar-refractivity contribution in [1.29, 1.82) is 0 Å². The Labute approximate surface area is 147 Å². The summed E-state index contributed by atoms with van der Waals surface area (Å²) in [6, 6.07) is 0. The number of aliphatic hydroxyl groups is 2. The van der Waals surface area contributed by atoms with E-state index in [1.165, 1.54) is 25.7 Å². The van der Waals surface area contributed by atoms with E-state index in [0.717, 1.165) is 51.4 Å². The number of allylic oxidation sites excluding steroid dienone is 3. The standard InChI is InChI=1S/C20H36O4/c21-18-14-10-12-16-19(22)15-11-8-6-4-2-1-3-5-7-9-13-17-20(23)24/h6,8,11,15,19,21-22H,1-5,7,9-10,12-14,16-18H2,(H,23,24)/b8-6+,15-11-/t19-/m1/s1. The molecular formula is C20H36O4. The van der Waals surface area contributed by atoms with Crippen LogP contribution in [0.2, 0.25) is 0 Å². The van der Waals surface area contributed by atoms with Crippen LogP contribution < -0.4 is 0 Å². The van der Waals surface area contributed by atoms with E-state index in [1.807, 2.05) is 18.2 Å². The molecular weight excluding hydrogens is 304 g/mol. The quantitative estimate of drug-likeness (QED) is 0.267. The number of carboxylic acids is 1. The zero-order chi connectivity index (χ0) is 17.9. The van der Waals surface area contributed by atoms with Crippen LogP contribution in [0.4, 0.5) is 0 Å². The van der Waals surface area contributed by atoms with E-state index < -0.39 is 5.97 Å². The summed E-state index contributed by atoms with van der Waals surface area (Å²) in [5.74, 6) is -0.690. The van der Waals surface area contributed by atoms with Crippen molar-refractivity contribution in [3.63, 3.8) is 0 Å². The Bertz CT molecular complexity index is 337. The minimum absolute atomic E-state index is 0.236. The summed E-state index contributed by atoms with van der Waals surface area (Å²) in [5.41, 5.74) is 0. The summed E-state index contributed by atoms with van der Waals surface area (Å²) in [6.07, 6.45) is 20.2. The second-order valence-electron chi connectivity index (χ2n) is 6.36. The van der Waals surface area contributed by atoms with Crippen molar-refractivity contribution < 1.29 is 20.1 Å². The fourth-order valence-electron chi connectivity index (χ4n) is 2.53. The molecule has 0 unspecified atom stereocenters. The SMILES string of the molecule is O=C(O)CCCCCCCCC/C=C/C=C\[C@@H](O)CCCCCO. The van der Waals surface area contributed by atoms with Gasteiger partial charge in [-0.3, -0.25) is 4.79 Å². The van der Waals surface area contributed by atoms with Crippen molar-refractivity contribution in [2.75, 3.05) is 6.61 Å². The second-order valence-corrected chi connectivity index (χ2v) is 6.36. The van der Waals surface area contributed by atoms with Gasteiger partial charge in [-0.25, -0.2) is 0 Å². The van der Waals surface area contributed by atoms with E-state index in [2.05, 4.69) is 6.08 Å². The van der Waals surface area contributed by atoms with Gasteiger partial charge in [0.25, 0.3) is 0 Å². The Morgan fingerprint density at radius 1 is 0.833 bits per heavy atom. The molecule has 0 aromatic carbocycles. The van der Waals surface area contributed by atoms with Gasteiger partial charge in [-0.05, 0) is 32.1 Å². The molecule has 0 amide bonds. The number of hydrogen-bond acceptors (Lipinski definition) is 3. The molecule has 4 heteroatoms. The van der Waals surface area contributed by atoms with E-state index >= 15 is 0 Å². The number of aliphatic hydroxyl groups excluding tert-OH is 2. The van der Waals surface area contributed by atoms with Crippen LogP contribution in [-0.2, 0) is 4.79 Å². The highest BCUT2D eigenvalue weighted by Gasteiger charge is 1.98. The van der Waals surface area contributed by atoms with Crippen molar-refractivity contribution >= 4 is 5.97 Å². The van der Waals surface area contributed by atoms with Gasteiger partial charge >= 0.3 is 5.97 Å². The maximum Gasteiger partial charge on any atom is 0.303 e. The summed E-state index contributed by atoms with van der Waals surface area (Å²) in [7, 11) is 0. The Morgan fingerprint density at radius 2 is 1.46 bits per heavy atom. The summed E-state index contributed by atoms with van der Waals surface area (Å²) >= 11 is 0. The van der Waals surface area contributed by atoms with Gasteiger partial charge in [0, 0.05) is 13.0 Å². The Kier molecular flexibility index (Phi) is 17.4. The highest BCUT2D eigenvalue weighted by Crippen LogP contribution is 2.10. The van der Waals surface area contributed by atoms with Gasteiger partial charge in [-0.1, -0.05) is 69.2 Å². The molecule has 0 rings (SSSR count). The fourth-order valence-corrected chi connectivity index (χ4v) is 2.53. The van der Waals surface area contributed by atoms with Crippen LogP contribution in [0.5, 0.6) is 0 Å². The molecule has 0 aliphatic rings. The molecule has 0 aliphatic carbocycles. The first-order valence-electron chi connectivity index (χ1n) is 9.51. The third-order valence-electron chi connectivity index (χ3n) is 4.00. The topological polar surface area (TPSA) is 77.8 Å². The predicted octanol–water partition coefficient (Wildman–Crippen LogP) is 4.61. The molecule has 0 radical (unpaired) electrons. The average Bonchev–Trinajstić information content (AvgIpc) is 2.55. The van der Waals surface area contributed by atoms with Crippen LogP contribution in [0.3, 0.4) is 0 Å². The number of hydrogen-bond donors (Lipinski definition) is 3. The molecule has 0 spiro atoms.